The first-order chi connectivity index (χ1) is 16.5. The van der Waals surface area contributed by atoms with Crippen LogP contribution in [0, 0.1) is 19.8 Å². The molecular formula is C25H31N6O2P. The summed E-state index contributed by atoms with van der Waals surface area (Å²) in [6.45, 7) is 8.07. The fraction of sp³-hybridized carbons (Fsp3) is 0.480. The molecule has 4 unspecified atom stereocenters. The summed E-state index contributed by atoms with van der Waals surface area (Å²) in [7, 11) is 0.450. The molecule has 2 fully saturated rings. The van der Waals surface area contributed by atoms with Gasteiger partial charge >= 0.3 is 0 Å². The van der Waals surface area contributed by atoms with Crippen LogP contribution in [0.5, 0.6) is 0 Å². The van der Waals surface area contributed by atoms with Gasteiger partial charge in [0, 0.05) is 43.3 Å². The van der Waals surface area contributed by atoms with Crippen LogP contribution in [-0.2, 0) is 4.79 Å². The van der Waals surface area contributed by atoms with Crippen LogP contribution in [0.15, 0.2) is 42.4 Å². The van der Waals surface area contributed by atoms with Crippen LogP contribution in [0.2, 0.25) is 0 Å². The zero-order valence-electron chi connectivity index (χ0n) is 19.7. The summed E-state index contributed by atoms with van der Waals surface area (Å²) in [4.78, 5) is 24.5. The number of carbonyl (C=O) groups is 1. The smallest absolute Gasteiger partial charge is 0.252 e. The molecule has 0 aliphatic carbocycles. The Balaban J connectivity index is 1.20. The molecule has 2 aromatic rings. The molecule has 1 amide bonds. The fourth-order valence-electron chi connectivity index (χ4n) is 5.95. The first-order valence-corrected chi connectivity index (χ1v) is 13.2. The van der Waals surface area contributed by atoms with Crippen molar-refractivity contribution < 1.29 is 9.90 Å². The molecule has 34 heavy (non-hydrogen) atoms. The topological polar surface area (TPSA) is 77.2 Å². The Labute approximate surface area is 201 Å². The van der Waals surface area contributed by atoms with Crippen molar-refractivity contribution in [2.75, 3.05) is 32.8 Å². The van der Waals surface area contributed by atoms with Gasteiger partial charge in [0.1, 0.15) is 0 Å². The summed E-state index contributed by atoms with van der Waals surface area (Å²) in [5.74, 6) is 0.703. The number of amides is 1. The van der Waals surface area contributed by atoms with Crippen LogP contribution in [0.4, 0.5) is 0 Å². The van der Waals surface area contributed by atoms with Crippen molar-refractivity contribution in [2.45, 2.75) is 38.5 Å². The van der Waals surface area contributed by atoms with Crippen molar-refractivity contribution in [1.29, 1.82) is 0 Å². The molecule has 1 N–H and O–H groups in total. The van der Waals surface area contributed by atoms with E-state index in [2.05, 4.69) is 33.1 Å². The number of nitrogens with zero attached hydrogens (tertiary/aromatic N) is 6. The Morgan fingerprint density at radius 1 is 1.24 bits per heavy atom. The second-order valence-corrected chi connectivity index (χ2v) is 11.2. The molecule has 4 aliphatic rings. The van der Waals surface area contributed by atoms with Gasteiger partial charge in [-0.25, -0.2) is 4.52 Å². The summed E-state index contributed by atoms with van der Waals surface area (Å²) in [5, 5.41) is 15.1. The molecule has 2 saturated heterocycles. The number of hydrogen-bond acceptors (Lipinski definition) is 6. The van der Waals surface area contributed by atoms with Gasteiger partial charge in [-0.15, -0.1) is 0 Å². The Bertz CT molecular complexity index is 1230. The third kappa shape index (κ3) is 3.78. The number of aryl methyl sites for hydroxylation is 2. The van der Waals surface area contributed by atoms with Crippen molar-refractivity contribution in [2.24, 2.45) is 5.92 Å². The molecule has 8 nitrogen and oxygen atoms in total. The number of piperidine rings is 1. The predicted octanol–water partition coefficient (Wildman–Crippen LogP) is 2.33. The molecular weight excluding hydrogens is 447 g/mol. The molecule has 0 spiro atoms. The maximum absolute atomic E-state index is 13.2. The van der Waals surface area contributed by atoms with Gasteiger partial charge in [-0.1, -0.05) is 14.7 Å². The maximum Gasteiger partial charge on any atom is 0.252 e. The highest BCUT2D eigenvalue weighted by atomic mass is 31.1. The summed E-state index contributed by atoms with van der Waals surface area (Å²) in [6.07, 6.45) is 12.4. The molecule has 2 aromatic heterocycles. The number of aromatic nitrogens is 3. The Morgan fingerprint density at radius 2 is 2.12 bits per heavy atom. The van der Waals surface area contributed by atoms with E-state index in [0.717, 1.165) is 66.2 Å². The second-order valence-electron chi connectivity index (χ2n) is 9.74. The van der Waals surface area contributed by atoms with E-state index >= 15 is 0 Å². The van der Waals surface area contributed by atoms with E-state index in [9.17, 15) is 9.90 Å². The van der Waals surface area contributed by atoms with Crippen molar-refractivity contribution >= 4 is 25.3 Å². The van der Waals surface area contributed by atoms with E-state index in [4.69, 9.17) is 5.10 Å². The van der Waals surface area contributed by atoms with Crippen LogP contribution < -0.4 is 0 Å². The number of aliphatic hydroxyl groups excluding tert-OH is 1. The number of β-amino-alcohol motifs (C(OH)–C–C–N with tert-alkyl or cyclic N) is 1. The van der Waals surface area contributed by atoms with Crippen LogP contribution in [0.25, 0.3) is 10.8 Å². The minimum absolute atomic E-state index is 0.0218. The van der Waals surface area contributed by atoms with E-state index in [1.807, 2.05) is 35.5 Å². The van der Waals surface area contributed by atoms with E-state index in [1.54, 1.807) is 6.08 Å². The zero-order valence-corrected chi connectivity index (χ0v) is 20.7. The van der Waals surface area contributed by atoms with Gasteiger partial charge in [0.15, 0.2) is 0 Å². The second kappa shape index (κ2) is 8.59. The molecule has 178 valence electrons. The average Bonchev–Trinajstić information content (AvgIpc) is 3.43. The number of aliphatic hydroxyl groups is 1. The van der Waals surface area contributed by atoms with Crippen molar-refractivity contribution in [3.63, 3.8) is 0 Å². The van der Waals surface area contributed by atoms with Crippen LogP contribution in [0.3, 0.4) is 0 Å². The number of fused-ring (bicyclic) bond motifs is 3. The Kier molecular flexibility index (Phi) is 5.55. The van der Waals surface area contributed by atoms with Crippen LogP contribution in [0.1, 0.15) is 29.9 Å². The van der Waals surface area contributed by atoms with Gasteiger partial charge in [0.05, 0.1) is 46.9 Å². The summed E-state index contributed by atoms with van der Waals surface area (Å²) in [6, 6.07) is 2.63. The molecule has 4 aliphatic heterocycles. The van der Waals surface area contributed by atoms with Gasteiger partial charge in [-0.3, -0.25) is 14.7 Å². The van der Waals surface area contributed by atoms with Gasteiger partial charge in [0.25, 0.3) is 5.91 Å². The largest absolute Gasteiger partial charge is 0.395 e. The SMILES string of the molecule is Cc1cn2nc(C3=CC(=O)N4C=C(N5CCC6C(CCN6CCO)C5)C=CC4P3)cc2c(C)n1. The monoisotopic (exact) mass is 478 g/mol. The molecule has 6 heterocycles. The number of carbonyl (C=O) groups excluding carboxylic acids is 1. The van der Waals surface area contributed by atoms with Gasteiger partial charge < -0.3 is 14.9 Å². The number of likely N-dealkylation sites (tertiary alicyclic amines) is 2. The lowest BCUT2D eigenvalue weighted by Crippen LogP contribution is -2.47. The first-order valence-electron chi connectivity index (χ1n) is 12.1. The third-order valence-corrected chi connectivity index (χ3v) is 9.06. The van der Waals surface area contributed by atoms with Gasteiger partial charge in [-0.2, -0.15) is 5.10 Å². The van der Waals surface area contributed by atoms with E-state index in [0.29, 0.717) is 20.5 Å². The lowest BCUT2D eigenvalue weighted by molar-refractivity contribution is -0.123. The minimum Gasteiger partial charge on any atom is -0.395 e. The molecule has 9 heteroatoms. The maximum atomic E-state index is 13.2. The quantitative estimate of drug-likeness (QED) is 0.680. The van der Waals surface area contributed by atoms with Crippen LogP contribution >= 0.6 is 8.58 Å². The average molecular weight is 479 g/mol. The molecule has 0 bridgehead atoms. The number of rotatable bonds is 4. The van der Waals surface area contributed by atoms with Crippen molar-refractivity contribution in [3.8, 4) is 0 Å². The molecule has 6 rings (SSSR count). The standard InChI is InChI=1S/C25H31N6O2P/c1-16-13-31-22(17(2)26-16)11-20(27-31)23-12-24(33)30-15-19(3-4-25(30)34-23)29-8-6-21-18(14-29)5-7-28(21)9-10-32/h3-4,11-13,15,18,21,25,32,34H,5-10,14H2,1-2H3. The highest BCUT2D eigenvalue weighted by Crippen LogP contribution is 2.45. The predicted molar refractivity (Wildman–Crippen MR) is 133 cm³/mol. The molecule has 4 atom stereocenters. The third-order valence-electron chi connectivity index (χ3n) is 7.58. The lowest BCUT2D eigenvalue weighted by Gasteiger charge is -2.42. The van der Waals surface area contributed by atoms with Gasteiger partial charge in [0.2, 0.25) is 0 Å². The first kappa shape index (κ1) is 22.0. The van der Waals surface area contributed by atoms with E-state index < -0.39 is 0 Å². The highest BCUT2D eigenvalue weighted by molar-refractivity contribution is 7.51. The van der Waals surface area contributed by atoms with E-state index in [-0.39, 0.29) is 18.3 Å². The Hall–Kier alpha value is -2.54. The normalized spacial score (nSPS) is 27.9. The number of allylic oxidation sites excluding steroid dienone is 1. The minimum atomic E-state index is 0.0218. The van der Waals surface area contributed by atoms with Crippen molar-refractivity contribution in [1.82, 2.24) is 29.3 Å². The Morgan fingerprint density at radius 3 is 2.97 bits per heavy atom. The van der Waals surface area contributed by atoms with Crippen molar-refractivity contribution in [3.05, 3.63) is 59.5 Å². The highest BCUT2D eigenvalue weighted by Gasteiger charge is 2.39. The lowest BCUT2D eigenvalue weighted by atomic mass is 9.92. The van der Waals surface area contributed by atoms with E-state index in [1.165, 1.54) is 6.42 Å². The number of hydrogen-bond donors (Lipinski definition) is 1. The van der Waals surface area contributed by atoms with Crippen LogP contribution in [-0.4, -0.2) is 84.9 Å². The summed E-state index contributed by atoms with van der Waals surface area (Å²) >= 11 is 0. The summed E-state index contributed by atoms with van der Waals surface area (Å²) in [5.41, 5.74) is 4.85. The zero-order chi connectivity index (χ0) is 23.4. The molecule has 0 saturated carbocycles. The molecule has 0 aromatic carbocycles. The molecule has 0 radical (unpaired) electrons. The summed E-state index contributed by atoms with van der Waals surface area (Å²) < 4.78 is 1.87. The van der Waals surface area contributed by atoms with Gasteiger partial charge in [-0.05, 0) is 51.3 Å². The fourth-order valence-corrected chi connectivity index (χ4v) is 7.27.